The van der Waals surface area contributed by atoms with Gasteiger partial charge in [0.2, 0.25) is 10.0 Å². The summed E-state index contributed by atoms with van der Waals surface area (Å²) in [6, 6.07) is 6.30. The normalized spacial score (nSPS) is 18.4. The number of rotatable bonds is 7. The van der Waals surface area contributed by atoms with Gasteiger partial charge in [-0.15, -0.1) is 0 Å². The van der Waals surface area contributed by atoms with Gasteiger partial charge >= 0.3 is 5.97 Å². The molecule has 0 amide bonds. The largest absolute Gasteiger partial charge is 0.451 e. The van der Waals surface area contributed by atoms with E-state index in [9.17, 15) is 18.0 Å². The van der Waals surface area contributed by atoms with Crippen LogP contribution in [0, 0.1) is 0 Å². The van der Waals surface area contributed by atoms with E-state index in [1.165, 1.54) is 22.5 Å². The van der Waals surface area contributed by atoms with Crippen molar-refractivity contribution < 1.29 is 22.7 Å². The van der Waals surface area contributed by atoms with E-state index in [2.05, 4.69) is 0 Å². The van der Waals surface area contributed by atoms with Crippen LogP contribution < -0.4 is 0 Å². The van der Waals surface area contributed by atoms with Crippen LogP contribution in [0.2, 0.25) is 0 Å². The van der Waals surface area contributed by atoms with Gasteiger partial charge < -0.3 is 4.74 Å². The Bertz CT molecular complexity index is 764. The van der Waals surface area contributed by atoms with Gasteiger partial charge in [-0.2, -0.15) is 4.31 Å². The molecule has 26 heavy (non-hydrogen) atoms. The Labute approximate surface area is 154 Å². The molecule has 0 spiro atoms. The van der Waals surface area contributed by atoms with Crippen LogP contribution in [0.1, 0.15) is 45.1 Å². The second-order valence-corrected chi connectivity index (χ2v) is 8.07. The van der Waals surface area contributed by atoms with Crippen LogP contribution in [0.5, 0.6) is 0 Å². The van der Waals surface area contributed by atoms with Crippen molar-refractivity contribution in [2.75, 3.05) is 13.1 Å². The minimum atomic E-state index is -3.49. The molecule has 7 heteroatoms. The first-order chi connectivity index (χ1) is 12.4. The summed E-state index contributed by atoms with van der Waals surface area (Å²) in [6.07, 6.45) is 4.95. The summed E-state index contributed by atoms with van der Waals surface area (Å²) in [5, 5.41) is 0. The van der Waals surface area contributed by atoms with E-state index >= 15 is 0 Å². The number of carbonyl (C=O) groups excluding carboxylic acids is 2. The Hall–Kier alpha value is -1.99. The molecule has 1 unspecified atom stereocenters. The van der Waals surface area contributed by atoms with Crippen molar-refractivity contribution in [3.8, 4) is 0 Å². The molecule has 0 N–H and O–H groups in total. The third-order valence-electron chi connectivity index (χ3n) is 4.39. The standard InChI is InChI=1S/C19H25NO5S/c1-3-20(4-2)26(23,24)16-12-9-15(10-13-16)11-14-19(22)25-18-8-6-5-7-17(18)21/h9-14,18H,3-8H2,1-2H3. The molecule has 1 aliphatic rings. The zero-order chi connectivity index (χ0) is 19.2. The Morgan fingerprint density at radius 3 is 2.42 bits per heavy atom. The third-order valence-corrected chi connectivity index (χ3v) is 6.46. The number of esters is 1. The minimum absolute atomic E-state index is 0.0241. The maximum atomic E-state index is 12.4. The average molecular weight is 379 g/mol. The first-order valence-corrected chi connectivity index (χ1v) is 10.3. The molecule has 0 heterocycles. The molecule has 1 saturated carbocycles. The molecule has 1 aromatic carbocycles. The molecule has 1 fully saturated rings. The highest BCUT2D eigenvalue weighted by Crippen LogP contribution is 2.19. The van der Waals surface area contributed by atoms with Crippen LogP contribution in [0.15, 0.2) is 35.2 Å². The van der Waals surface area contributed by atoms with E-state index in [0.717, 1.165) is 12.8 Å². The molecular weight excluding hydrogens is 354 g/mol. The lowest BCUT2D eigenvalue weighted by Gasteiger charge is -2.19. The Morgan fingerprint density at radius 1 is 1.19 bits per heavy atom. The lowest BCUT2D eigenvalue weighted by molar-refractivity contribution is -0.152. The lowest BCUT2D eigenvalue weighted by atomic mass is 9.96. The maximum absolute atomic E-state index is 12.4. The first kappa shape index (κ1) is 20.3. The number of nitrogens with zero attached hydrogens (tertiary/aromatic N) is 1. The van der Waals surface area contributed by atoms with E-state index in [-0.39, 0.29) is 10.7 Å². The van der Waals surface area contributed by atoms with Crippen LogP contribution in [-0.4, -0.2) is 43.7 Å². The summed E-state index contributed by atoms with van der Waals surface area (Å²) in [6.45, 7) is 4.40. The molecule has 0 radical (unpaired) electrons. The number of hydrogen-bond donors (Lipinski definition) is 0. The number of ether oxygens (including phenoxy) is 1. The van der Waals surface area contributed by atoms with Gasteiger partial charge in [0.15, 0.2) is 11.9 Å². The zero-order valence-electron chi connectivity index (χ0n) is 15.2. The van der Waals surface area contributed by atoms with Gasteiger partial charge in [-0.05, 0) is 43.0 Å². The first-order valence-electron chi connectivity index (χ1n) is 8.90. The lowest BCUT2D eigenvalue weighted by Crippen LogP contribution is -2.30. The fourth-order valence-electron chi connectivity index (χ4n) is 2.88. The number of benzene rings is 1. The minimum Gasteiger partial charge on any atom is -0.451 e. The molecule has 0 bridgehead atoms. The van der Waals surface area contributed by atoms with Crippen LogP contribution in [0.25, 0.3) is 6.08 Å². The van der Waals surface area contributed by atoms with E-state index < -0.39 is 22.1 Å². The topological polar surface area (TPSA) is 80.8 Å². The molecule has 1 atom stereocenters. The fourth-order valence-corrected chi connectivity index (χ4v) is 4.34. The second-order valence-electron chi connectivity index (χ2n) is 6.13. The molecule has 6 nitrogen and oxygen atoms in total. The molecular formula is C19H25NO5S. The van der Waals surface area contributed by atoms with Crippen molar-refractivity contribution in [2.45, 2.75) is 50.5 Å². The van der Waals surface area contributed by atoms with Crippen LogP contribution in [-0.2, 0) is 24.3 Å². The Balaban J connectivity index is 2.01. The van der Waals surface area contributed by atoms with E-state index in [1.807, 2.05) is 0 Å². The summed E-state index contributed by atoms with van der Waals surface area (Å²) in [4.78, 5) is 23.8. The predicted octanol–water partition coefficient (Wildman–Crippen LogP) is 2.79. The van der Waals surface area contributed by atoms with Crippen LogP contribution in [0.3, 0.4) is 0 Å². The molecule has 1 aromatic rings. The molecule has 0 aromatic heterocycles. The van der Waals surface area contributed by atoms with Crippen molar-refractivity contribution in [3.05, 3.63) is 35.9 Å². The van der Waals surface area contributed by atoms with Gasteiger partial charge in [0.25, 0.3) is 0 Å². The third kappa shape index (κ3) is 5.02. The maximum Gasteiger partial charge on any atom is 0.331 e. The molecule has 1 aliphatic carbocycles. The van der Waals surface area contributed by atoms with Crippen LogP contribution >= 0.6 is 0 Å². The monoisotopic (exact) mass is 379 g/mol. The van der Waals surface area contributed by atoms with Gasteiger partial charge in [0.05, 0.1) is 4.90 Å². The van der Waals surface area contributed by atoms with E-state index in [0.29, 0.717) is 31.5 Å². The Morgan fingerprint density at radius 2 is 1.85 bits per heavy atom. The molecule has 0 saturated heterocycles. The number of sulfonamides is 1. The second kappa shape index (κ2) is 9.09. The van der Waals surface area contributed by atoms with Gasteiger partial charge in [-0.25, -0.2) is 13.2 Å². The fraction of sp³-hybridized carbons (Fsp3) is 0.474. The molecule has 2 rings (SSSR count). The van der Waals surface area contributed by atoms with Gasteiger partial charge in [-0.3, -0.25) is 4.79 Å². The van der Waals surface area contributed by atoms with Crippen LogP contribution in [0.4, 0.5) is 0 Å². The smallest absolute Gasteiger partial charge is 0.331 e. The van der Waals surface area contributed by atoms with Gasteiger partial charge in [-0.1, -0.05) is 26.0 Å². The number of hydrogen-bond acceptors (Lipinski definition) is 5. The predicted molar refractivity (Wildman–Crippen MR) is 98.9 cm³/mol. The van der Waals surface area contributed by atoms with Crippen molar-refractivity contribution in [3.63, 3.8) is 0 Å². The highest BCUT2D eigenvalue weighted by atomic mass is 32.2. The van der Waals surface area contributed by atoms with Gasteiger partial charge in [0.1, 0.15) is 0 Å². The number of Topliss-reactive ketones (excluding diaryl/α,β-unsaturated/α-hetero) is 1. The summed E-state index contributed by atoms with van der Waals surface area (Å²) < 4.78 is 31.4. The summed E-state index contributed by atoms with van der Waals surface area (Å²) in [7, 11) is -3.49. The number of ketones is 1. The summed E-state index contributed by atoms with van der Waals surface area (Å²) in [5.74, 6) is -0.589. The highest BCUT2D eigenvalue weighted by Gasteiger charge is 2.25. The highest BCUT2D eigenvalue weighted by molar-refractivity contribution is 7.89. The van der Waals surface area contributed by atoms with Crippen molar-refractivity contribution >= 4 is 27.9 Å². The average Bonchev–Trinajstić information content (AvgIpc) is 2.63. The quantitative estimate of drug-likeness (QED) is 0.537. The number of carbonyl (C=O) groups is 2. The van der Waals surface area contributed by atoms with E-state index in [4.69, 9.17) is 4.74 Å². The summed E-state index contributed by atoms with van der Waals surface area (Å²) in [5.41, 5.74) is 0.676. The molecule has 0 aliphatic heterocycles. The van der Waals surface area contributed by atoms with Crippen molar-refractivity contribution in [2.24, 2.45) is 0 Å². The van der Waals surface area contributed by atoms with E-state index in [1.54, 1.807) is 32.1 Å². The molecule has 142 valence electrons. The van der Waals surface area contributed by atoms with Crippen molar-refractivity contribution in [1.29, 1.82) is 0 Å². The Kier molecular flexibility index (Phi) is 7.11. The van der Waals surface area contributed by atoms with Crippen molar-refractivity contribution in [1.82, 2.24) is 4.31 Å². The zero-order valence-corrected chi connectivity index (χ0v) is 16.0. The summed E-state index contributed by atoms with van der Waals surface area (Å²) >= 11 is 0. The van der Waals surface area contributed by atoms with Gasteiger partial charge in [0, 0.05) is 25.6 Å². The SMILES string of the molecule is CCN(CC)S(=O)(=O)c1ccc(C=CC(=O)OC2CCCCC2=O)cc1.